The second kappa shape index (κ2) is 4.29. The number of rotatable bonds is 3. The number of nitrogens with zero attached hydrogens (tertiary/aromatic N) is 2. The van der Waals surface area contributed by atoms with Gasteiger partial charge in [-0.05, 0) is 19.1 Å². The van der Waals surface area contributed by atoms with Crippen LogP contribution in [0.25, 0.3) is 5.69 Å². The van der Waals surface area contributed by atoms with Crippen molar-refractivity contribution in [2.75, 3.05) is 7.11 Å². The van der Waals surface area contributed by atoms with Gasteiger partial charge in [-0.25, -0.2) is 9.48 Å². The molecule has 0 aliphatic heterocycles. The molecule has 0 atom stereocenters. The van der Waals surface area contributed by atoms with E-state index in [4.69, 9.17) is 9.84 Å². The van der Waals surface area contributed by atoms with Crippen LogP contribution in [0.2, 0.25) is 0 Å². The van der Waals surface area contributed by atoms with Gasteiger partial charge in [0.05, 0.1) is 19.0 Å². The lowest BCUT2D eigenvalue weighted by molar-refractivity contribution is 0.0683. The summed E-state index contributed by atoms with van der Waals surface area (Å²) < 4.78 is 6.32. The third-order valence-corrected chi connectivity index (χ3v) is 2.44. The summed E-state index contributed by atoms with van der Waals surface area (Å²) >= 11 is 0. The van der Waals surface area contributed by atoms with E-state index in [1.165, 1.54) is 18.0 Å². The minimum atomic E-state index is -1.07. The quantitative estimate of drug-likeness (QED) is 0.877. The van der Waals surface area contributed by atoms with Gasteiger partial charge in [0.25, 0.3) is 0 Å². The molecule has 5 nitrogen and oxygen atoms in total. The van der Waals surface area contributed by atoms with E-state index in [1.807, 2.05) is 31.2 Å². The number of aromatic carboxylic acids is 1. The Kier molecular flexibility index (Phi) is 2.82. The van der Waals surface area contributed by atoms with Crippen molar-refractivity contribution < 1.29 is 14.6 Å². The highest BCUT2D eigenvalue weighted by Gasteiger charge is 2.19. The Morgan fingerprint density at radius 1 is 1.35 bits per heavy atom. The first-order chi connectivity index (χ1) is 8.13. The Labute approximate surface area is 98.3 Å². The van der Waals surface area contributed by atoms with Crippen LogP contribution in [0.3, 0.4) is 0 Å². The number of hydrogen-bond donors (Lipinski definition) is 1. The molecule has 1 aromatic carbocycles. The van der Waals surface area contributed by atoms with Crippen LogP contribution < -0.4 is 4.74 Å². The number of hydrogen-bond acceptors (Lipinski definition) is 3. The summed E-state index contributed by atoms with van der Waals surface area (Å²) in [5.41, 5.74) is 1.82. The Balaban J connectivity index is 2.55. The van der Waals surface area contributed by atoms with E-state index in [-0.39, 0.29) is 11.4 Å². The standard InChI is InChI=1S/C12H12N2O3/c1-8-3-5-9(6-4-8)14-11(12(15)16)10(17-2)7-13-14/h3-7H,1-2H3,(H,15,16). The van der Waals surface area contributed by atoms with Crippen molar-refractivity contribution in [3.63, 3.8) is 0 Å². The minimum Gasteiger partial charge on any atom is -0.493 e. The van der Waals surface area contributed by atoms with Crippen LogP contribution in [0.4, 0.5) is 0 Å². The van der Waals surface area contributed by atoms with E-state index < -0.39 is 5.97 Å². The van der Waals surface area contributed by atoms with Gasteiger partial charge < -0.3 is 9.84 Å². The predicted octanol–water partition coefficient (Wildman–Crippen LogP) is 1.89. The van der Waals surface area contributed by atoms with Crippen LogP contribution in [-0.4, -0.2) is 28.0 Å². The fraction of sp³-hybridized carbons (Fsp3) is 0.167. The van der Waals surface area contributed by atoms with Crippen LogP contribution in [0.1, 0.15) is 16.1 Å². The molecule has 0 spiro atoms. The normalized spacial score (nSPS) is 10.2. The van der Waals surface area contributed by atoms with E-state index in [0.717, 1.165) is 5.56 Å². The molecule has 0 saturated heterocycles. The monoisotopic (exact) mass is 232 g/mol. The van der Waals surface area contributed by atoms with Gasteiger partial charge in [-0.15, -0.1) is 0 Å². The maximum absolute atomic E-state index is 11.2. The molecule has 17 heavy (non-hydrogen) atoms. The summed E-state index contributed by atoms with van der Waals surface area (Å²) in [6.07, 6.45) is 1.39. The lowest BCUT2D eigenvalue weighted by Gasteiger charge is -2.05. The van der Waals surface area contributed by atoms with Gasteiger partial charge in [0.1, 0.15) is 0 Å². The average molecular weight is 232 g/mol. The highest BCUT2D eigenvalue weighted by Crippen LogP contribution is 2.21. The third kappa shape index (κ3) is 1.99. The summed E-state index contributed by atoms with van der Waals surface area (Å²) in [5.74, 6) is -0.821. The number of carboxylic acids is 1. The molecular formula is C12H12N2O3. The molecule has 0 bridgehead atoms. The predicted molar refractivity (Wildman–Crippen MR) is 61.8 cm³/mol. The van der Waals surface area contributed by atoms with E-state index in [0.29, 0.717) is 5.69 Å². The maximum Gasteiger partial charge on any atom is 0.358 e. The third-order valence-electron chi connectivity index (χ3n) is 2.44. The van der Waals surface area contributed by atoms with Crippen LogP contribution in [0.5, 0.6) is 5.75 Å². The van der Waals surface area contributed by atoms with Crippen molar-refractivity contribution in [1.82, 2.24) is 9.78 Å². The van der Waals surface area contributed by atoms with E-state index in [9.17, 15) is 4.79 Å². The van der Waals surface area contributed by atoms with Crippen molar-refractivity contribution in [3.05, 3.63) is 41.7 Å². The number of ether oxygens (including phenoxy) is 1. The van der Waals surface area contributed by atoms with Crippen LogP contribution in [-0.2, 0) is 0 Å². The number of aryl methyl sites for hydroxylation is 1. The smallest absolute Gasteiger partial charge is 0.358 e. The zero-order chi connectivity index (χ0) is 12.4. The van der Waals surface area contributed by atoms with E-state index in [2.05, 4.69) is 5.10 Å². The number of aromatic nitrogens is 2. The zero-order valence-corrected chi connectivity index (χ0v) is 9.54. The van der Waals surface area contributed by atoms with Crippen molar-refractivity contribution >= 4 is 5.97 Å². The summed E-state index contributed by atoms with van der Waals surface area (Å²) in [4.78, 5) is 11.2. The summed E-state index contributed by atoms with van der Waals surface area (Å²) in [6.45, 7) is 1.96. The Morgan fingerprint density at radius 3 is 2.53 bits per heavy atom. The lowest BCUT2D eigenvalue weighted by Crippen LogP contribution is -2.09. The fourth-order valence-electron chi connectivity index (χ4n) is 1.56. The van der Waals surface area contributed by atoms with E-state index in [1.54, 1.807) is 0 Å². The van der Waals surface area contributed by atoms with Crippen molar-refractivity contribution in [1.29, 1.82) is 0 Å². The van der Waals surface area contributed by atoms with Gasteiger partial charge in [0, 0.05) is 0 Å². The Morgan fingerprint density at radius 2 is 2.00 bits per heavy atom. The van der Waals surface area contributed by atoms with Crippen LogP contribution in [0.15, 0.2) is 30.5 Å². The van der Waals surface area contributed by atoms with Crippen LogP contribution >= 0.6 is 0 Å². The van der Waals surface area contributed by atoms with Gasteiger partial charge in [-0.3, -0.25) is 0 Å². The topological polar surface area (TPSA) is 64.4 Å². The van der Waals surface area contributed by atoms with Crippen molar-refractivity contribution in [3.8, 4) is 11.4 Å². The molecule has 88 valence electrons. The molecule has 0 amide bonds. The molecule has 1 heterocycles. The van der Waals surface area contributed by atoms with Gasteiger partial charge >= 0.3 is 5.97 Å². The Hall–Kier alpha value is -2.30. The molecule has 0 unspecified atom stereocenters. The second-order valence-corrected chi connectivity index (χ2v) is 3.61. The number of benzene rings is 1. The minimum absolute atomic E-state index is 0.0244. The maximum atomic E-state index is 11.2. The van der Waals surface area contributed by atoms with E-state index >= 15 is 0 Å². The molecule has 5 heteroatoms. The molecule has 0 aliphatic rings. The first-order valence-electron chi connectivity index (χ1n) is 5.06. The number of carbonyl (C=O) groups is 1. The second-order valence-electron chi connectivity index (χ2n) is 3.61. The molecule has 0 radical (unpaired) electrons. The Bertz CT molecular complexity index is 543. The molecule has 1 aromatic heterocycles. The number of methoxy groups -OCH3 is 1. The van der Waals surface area contributed by atoms with Gasteiger partial charge in [-0.1, -0.05) is 17.7 Å². The summed E-state index contributed by atoms with van der Waals surface area (Å²) in [6, 6.07) is 7.42. The molecule has 1 N–H and O–H groups in total. The first kappa shape index (κ1) is 11.2. The van der Waals surface area contributed by atoms with Gasteiger partial charge in [-0.2, -0.15) is 5.10 Å². The fourth-order valence-corrected chi connectivity index (χ4v) is 1.56. The van der Waals surface area contributed by atoms with Crippen molar-refractivity contribution in [2.45, 2.75) is 6.92 Å². The molecule has 0 saturated carbocycles. The first-order valence-corrected chi connectivity index (χ1v) is 5.06. The molecule has 0 fully saturated rings. The average Bonchev–Trinajstić information content (AvgIpc) is 2.73. The SMILES string of the molecule is COc1cnn(-c2ccc(C)cc2)c1C(=O)O. The molecular weight excluding hydrogens is 220 g/mol. The van der Waals surface area contributed by atoms with Gasteiger partial charge in [0.15, 0.2) is 11.4 Å². The zero-order valence-electron chi connectivity index (χ0n) is 9.54. The molecule has 0 aliphatic carbocycles. The van der Waals surface area contributed by atoms with Crippen molar-refractivity contribution in [2.24, 2.45) is 0 Å². The summed E-state index contributed by atoms with van der Waals surface area (Å²) in [7, 11) is 1.42. The molecule has 2 aromatic rings. The van der Waals surface area contributed by atoms with Gasteiger partial charge in [0.2, 0.25) is 0 Å². The highest BCUT2D eigenvalue weighted by molar-refractivity contribution is 5.89. The summed E-state index contributed by atoms with van der Waals surface area (Å²) in [5, 5.41) is 13.2. The number of carboxylic acid groups (broad SMARTS) is 1. The molecule has 2 rings (SSSR count). The largest absolute Gasteiger partial charge is 0.493 e. The highest BCUT2D eigenvalue weighted by atomic mass is 16.5. The lowest BCUT2D eigenvalue weighted by atomic mass is 10.2. The van der Waals surface area contributed by atoms with Crippen LogP contribution in [0, 0.1) is 6.92 Å².